The molecular weight excluding hydrogens is 350 g/mol. The summed E-state index contributed by atoms with van der Waals surface area (Å²) in [5.41, 5.74) is 3.57. The molecule has 0 aliphatic rings. The molecule has 0 aliphatic carbocycles. The first-order valence-corrected chi connectivity index (χ1v) is 9.09. The quantitative estimate of drug-likeness (QED) is 0.710. The van der Waals surface area contributed by atoms with Gasteiger partial charge in [0.05, 0.1) is 19.3 Å². The second kappa shape index (κ2) is 9.34. The lowest BCUT2D eigenvalue weighted by Crippen LogP contribution is -2.23. The molecule has 0 atom stereocenters. The maximum atomic E-state index is 12.2. The van der Waals surface area contributed by atoms with Crippen LogP contribution in [0.3, 0.4) is 0 Å². The maximum Gasteiger partial charge on any atom is 0.243 e. The molecule has 0 saturated heterocycles. The summed E-state index contributed by atoms with van der Waals surface area (Å²) >= 11 is 6.10. The number of halogens is 1. The van der Waals surface area contributed by atoms with Gasteiger partial charge in [0.15, 0.2) is 0 Å². The fourth-order valence-corrected chi connectivity index (χ4v) is 2.85. The number of aryl methyl sites for hydroxylation is 1. The first-order valence-electron chi connectivity index (χ1n) is 8.71. The van der Waals surface area contributed by atoms with E-state index in [2.05, 4.69) is 29.4 Å². The third kappa shape index (κ3) is 5.05. The fraction of sp³-hybridized carbons (Fsp3) is 0.350. The van der Waals surface area contributed by atoms with Crippen molar-refractivity contribution in [1.29, 1.82) is 0 Å². The number of rotatable bonds is 8. The largest absolute Gasteiger partial charge is 0.495 e. The highest BCUT2D eigenvalue weighted by Gasteiger charge is 2.09. The Morgan fingerprint density at radius 3 is 2.38 bits per heavy atom. The molecule has 0 heterocycles. The number of hydrogen-bond donors (Lipinski definition) is 2. The molecule has 0 aliphatic heterocycles. The van der Waals surface area contributed by atoms with E-state index in [9.17, 15) is 4.79 Å². The van der Waals surface area contributed by atoms with Crippen molar-refractivity contribution in [1.82, 2.24) is 0 Å². The molecule has 26 heavy (non-hydrogen) atoms. The molecule has 140 valence electrons. The highest BCUT2D eigenvalue weighted by Crippen LogP contribution is 2.30. The summed E-state index contributed by atoms with van der Waals surface area (Å²) in [6, 6.07) is 11.5. The molecule has 5 nitrogen and oxygen atoms in total. The number of nitrogens with one attached hydrogen (secondary N) is 2. The molecule has 0 saturated carbocycles. The van der Waals surface area contributed by atoms with Gasteiger partial charge in [-0.25, -0.2) is 0 Å². The van der Waals surface area contributed by atoms with Gasteiger partial charge in [0.25, 0.3) is 0 Å². The van der Waals surface area contributed by atoms with E-state index in [0.717, 1.165) is 35.7 Å². The van der Waals surface area contributed by atoms with E-state index < -0.39 is 0 Å². The number of ether oxygens (including phenoxy) is 1. The van der Waals surface area contributed by atoms with Gasteiger partial charge in [-0.15, -0.1) is 0 Å². The highest BCUT2D eigenvalue weighted by molar-refractivity contribution is 6.31. The normalized spacial score (nSPS) is 10.3. The molecule has 0 spiro atoms. The van der Waals surface area contributed by atoms with Crippen LogP contribution in [0.15, 0.2) is 36.4 Å². The number of carbonyl (C=O) groups excluding carboxylic acids is 1. The molecule has 2 rings (SSSR count). The van der Waals surface area contributed by atoms with Crippen LogP contribution in [-0.2, 0) is 4.79 Å². The van der Waals surface area contributed by atoms with Crippen LogP contribution >= 0.6 is 11.6 Å². The zero-order chi connectivity index (χ0) is 19.1. The van der Waals surface area contributed by atoms with Gasteiger partial charge in [0, 0.05) is 35.6 Å². The van der Waals surface area contributed by atoms with Crippen LogP contribution < -0.4 is 20.3 Å². The van der Waals surface area contributed by atoms with Gasteiger partial charge in [-0.05, 0) is 56.7 Å². The molecule has 1 amide bonds. The monoisotopic (exact) mass is 375 g/mol. The van der Waals surface area contributed by atoms with Crippen molar-refractivity contribution in [2.24, 2.45) is 0 Å². The Labute approximate surface area is 160 Å². The summed E-state index contributed by atoms with van der Waals surface area (Å²) in [6.07, 6.45) is 0. The molecule has 2 N–H and O–H groups in total. The standard InChI is InChI=1S/C20H26ClN3O2/c1-5-24(6-2)16-9-7-15(8-10-16)23-20(25)13-22-18-11-14(3)17(21)12-19(18)26-4/h7-12,22H,5-6,13H2,1-4H3,(H,23,25). The first kappa shape index (κ1) is 19.9. The van der Waals surface area contributed by atoms with Gasteiger partial charge in [-0.2, -0.15) is 0 Å². The van der Waals surface area contributed by atoms with Gasteiger partial charge in [-0.3, -0.25) is 4.79 Å². The average Bonchev–Trinajstić information content (AvgIpc) is 2.64. The fourth-order valence-electron chi connectivity index (χ4n) is 2.70. The SMILES string of the molecule is CCN(CC)c1ccc(NC(=O)CNc2cc(C)c(Cl)cc2OC)cc1. The van der Waals surface area contributed by atoms with Crippen LogP contribution in [0.1, 0.15) is 19.4 Å². The first-order chi connectivity index (χ1) is 12.5. The van der Waals surface area contributed by atoms with Crippen molar-refractivity contribution in [2.75, 3.05) is 42.3 Å². The average molecular weight is 376 g/mol. The van der Waals surface area contributed by atoms with Gasteiger partial charge in [-0.1, -0.05) is 11.6 Å². The summed E-state index contributed by atoms with van der Waals surface area (Å²) in [5, 5.41) is 6.62. The summed E-state index contributed by atoms with van der Waals surface area (Å²) in [4.78, 5) is 14.5. The third-order valence-electron chi connectivity index (χ3n) is 4.20. The lowest BCUT2D eigenvalue weighted by atomic mass is 10.2. The van der Waals surface area contributed by atoms with Gasteiger partial charge >= 0.3 is 0 Å². The minimum absolute atomic E-state index is 0.129. The van der Waals surface area contributed by atoms with Crippen LogP contribution in [0, 0.1) is 6.92 Å². The molecule has 2 aromatic carbocycles. The van der Waals surface area contributed by atoms with Gasteiger partial charge < -0.3 is 20.3 Å². The summed E-state index contributed by atoms with van der Waals surface area (Å²) in [6.45, 7) is 8.19. The highest BCUT2D eigenvalue weighted by atomic mass is 35.5. The van der Waals surface area contributed by atoms with Crippen LogP contribution in [0.25, 0.3) is 0 Å². The Balaban J connectivity index is 1.96. The van der Waals surface area contributed by atoms with E-state index in [-0.39, 0.29) is 12.5 Å². The van der Waals surface area contributed by atoms with Crippen LogP contribution in [0.2, 0.25) is 5.02 Å². The molecule has 0 aromatic heterocycles. The number of benzene rings is 2. The van der Waals surface area contributed by atoms with Crippen molar-refractivity contribution >= 4 is 34.6 Å². The maximum absolute atomic E-state index is 12.2. The topological polar surface area (TPSA) is 53.6 Å². The minimum atomic E-state index is -0.129. The second-order valence-corrected chi connectivity index (χ2v) is 6.33. The molecule has 2 aromatic rings. The molecule has 0 bridgehead atoms. The lowest BCUT2D eigenvalue weighted by molar-refractivity contribution is -0.114. The molecule has 0 radical (unpaired) electrons. The number of carbonyl (C=O) groups is 1. The zero-order valence-electron chi connectivity index (χ0n) is 15.7. The number of anilines is 3. The zero-order valence-corrected chi connectivity index (χ0v) is 16.5. The van der Waals surface area contributed by atoms with Crippen molar-refractivity contribution in [3.8, 4) is 5.75 Å². The Hall–Kier alpha value is -2.40. The minimum Gasteiger partial charge on any atom is -0.495 e. The van der Waals surface area contributed by atoms with Crippen molar-refractivity contribution in [2.45, 2.75) is 20.8 Å². The lowest BCUT2D eigenvalue weighted by Gasteiger charge is -2.21. The second-order valence-electron chi connectivity index (χ2n) is 5.92. The van der Waals surface area contributed by atoms with Crippen LogP contribution in [0.5, 0.6) is 5.75 Å². The summed E-state index contributed by atoms with van der Waals surface area (Å²) in [7, 11) is 1.57. The molecule has 0 fully saturated rings. The molecule has 6 heteroatoms. The summed E-state index contributed by atoms with van der Waals surface area (Å²) < 4.78 is 5.31. The number of amides is 1. The van der Waals surface area contributed by atoms with Gasteiger partial charge in [0.1, 0.15) is 5.75 Å². The van der Waals surface area contributed by atoms with E-state index in [1.807, 2.05) is 37.3 Å². The van der Waals surface area contributed by atoms with Crippen molar-refractivity contribution in [3.63, 3.8) is 0 Å². The molecular formula is C20H26ClN3O2. The Bertz CT molecular complexity index is 743. The predicted octanol–water partition coefficient (Wildman–Crippen LogP) is 4.55. The van der Waals surface area contributed by atoms with E-state index in [0.29, 0.717) is 10.8 Å². The smallest absolute Gasteiger partial charge is 0.243 e. The van der Waals surface area contributed by atoms with Gasteiger partial charge in [0.2, 0.25) is 5.91 Å². The van der Waals surface area contributed by atoms with Crippen molar-refractivity contribution in [3.05, 3.63) is 47.0 Å². The van der Waals surface area contributed by atoms with E-state index in [4.69, 9.17) is 16.3 Å². The third-order valence-corrected chi connectivity index (χ3v) is 4.61. The molecule has 0 unspecified atom stereocenters. The van der Waals surface area contributed by atoms with E-state index >= 15 is 0 Å². The number of nitrogens with zero attached hydrogens (tertiary/aromatic N) is 1. The predicted molar refractivity (Wildman–Crippen MR) is 110 cm³/mol. The number of methoxy groups -OCH3 is 1. The Morgan fingerprint density at radius 2 is 1.81 bits per heavy atom. The van der Waals surface area contributed by atoms with Crippen molar-refractivity contribution < 1.29 is 9.53 Å². The Morgan fingerprint density at radius 1 is 1.15 bits per heavy atom. The van der Waals surface area contributed by atoms with Crippen LogP contribution in [0.4, 0.5) is 17.1 Å². The van der Waals surface area contributed by atoms with E-state index in [1.54, 1.807) is 13.2 Å². The van der Waals surface area contributed by atoms with Crippen LogP contribution in [-0.4, -0.2) is 32.7 Å². The summed E-state index contributed by atoms with van der Waals surface area (Å²) in [5.74, 6) is 0.479. The number of hydrogen-bond acceptors (Lipinski definition) is 4. The Kier molecular flexibility index (Phi) is 7.16. The van der Waals surface area contributed by atoms with E-state index in [1.165, 1.54) is 0 Å².